The molecule has 0 bridgehead atoms. The zero-order valence-corrected chi connectivity index (χ0v) is 20.6. The maximum absolute atomic E-state index is 13.1. The maximum Gasteiger partial charge on any atom is 0.409 e. The van der Waals surface area contributed by atoms with E-state index in [0.29, 0.717) is 44.1 Å². The zero-order valence-electron chi connectivity index (χ0n) is 124. The lowest BCUT2D eigenvalue weighted by molar-refractivity contribution is -0.156. The summed E-state index contributed by atoms with van der Waals surface area (Å²) in [5, 5.41) is 0.706. The van der Waals surface area contributed by atoms with Gasteiger partial charge in [0.15, 0.2) is 0 Å². The molecule has 0 spiro atoms. The Hall–Kier alpha value is -2.32. The number of hydrogen-bond acceptors (Lipinski definition) is 5. The van der Waals surface area contributed by atoms with Crippen molar-refractivity contribution in [2.75, 3.05) is 39.3 Å². The number of carbonyl (C=O) groups excluding carboxylic acids is 3. The van der Waals surface area contributed by atoms with E-state index in [-0.39, 0.29) is 49.9 Å². The fourth-order valence-electron chi connectivity index (χ4n) is 5.79. The van der Waals surface area contributed by atoms with Crippen molar-refractivity contribution < 1.29 is 175 Å². The summed E-state index contributed by atoms with van der Waals surface area (Å²) in [7, 11) is 0. The molecule has 3 amide bonds. The molecular weight excluding hydrogens is 456 g/mol. The molecule has 2 saturated heterocycles. The lowest BCUT2D eigenvalue weighted by atomic mass is 9.68. The number of hydrogen-bond donors (Lipinski definition) is 1. The van der Waals surface area contributed by atoms with E-state index >= 15 is 0 Å². The Morgan fingerprint density at radius 1 is 1.12 bits per heavy atom. The fraction of sp³-hybridized carbons (Fsp3) is 0.640. The van der Waals surface area contributed by atoms with Crippen molar-refractivity contribution in [3.8, 4) is 0 Å². The van der Waals surface area contributed by atoms with Crippen LogP contribution in [0, 0.1) is 0 Å². The first-order chi connectivity index (χ1) is 68.4. The summed E-state index contributed by atoms with van der Waals surface area (Å²) < 4.78 is 525. The zero-order chi connectivity index (χ0) is 128. The normalized spacial score (nSPS) is 38.9. The first-order valence-corrected chi connectivity index (χ1v) is 12.7. The molecule has 0 unspecified atom stereocenters. The molecule has 34 heavy (non-hydrogen) atoms. The molecule has 1 aliphatic carbocycles. The van der Waals surface area contributed by atoms with Crippen LogP contribution in [0.15, 0.2) is 24.3 Å². The second kappa shape index (κ2) is 10.5. The van der Waals surface area contributed by atoms with Gasteiger partial charge in [-0.3, -0.25) is 9.59 Å². The minimum Gasteiger partial charge on any atom is -0.450 e. The summed E-state index contributed by atoms with van der Waals surface area (Å²) in [5.41, 5.74) is 7.24. The van der Waals surface area contributed by atoms with Crippen LogP contribution in [0.25, 0.3) is 0 Å². The van der Waals surface area contributed by atoms with E-state index < -0.39 is 0 Å². The summed E-state index contributed by atoms with van der Waals surface area (Å²) in [6.07, 6.45) is 4.39. The van der Waals surface area contributed by atoms with Crippen LogP contribution < -0.4 is 5.73 Å². The highest BCUT2D eigenvalue weighted by Crippen LogP contribution is 2.41. The van der Waals surface area contributed by atoms with Crippen LogP contribution in [0.1, 0.15) is 207 Å². The van der Waals surface area contributed by atoms with Gasteiger partial charge in [0, 0.05) is 198 Å². The molecule has 2 aliphatic heterocycles. The molecule has 1 aromatic carbocycles. The van der Waals surface area contributed by atoms with E-state index in [1.165, 1.54) is 0 Å². The van der Waals surface area contributed by atoms with Gasteiger partial charge in [-0.25, -0.2) is 4.79 Å². The van der Waals surface area contributed by atoms with Gasteiger partial charge in [-0.05, 0) is 63.1 Å². The minimum atomic E-state index is -0.309. The molecule has 3 aliphatic rings. The number of carbonyl (C=O) groups is 3. The predicted molar refractivity (Wildman–Crippen MR) is 242 cm³/mol. The van der Waals surface area contributed by atoms with E-state index in [9.17, 15) is 14.4 Å². The smallest absolute Gasteiger partial charge is 0.409 e. The Kier molecular flexibility index (Phi) is 1.23. The largest absolute Gasteiger partial charge is 0.450 e. The third-order valence-electron chi connectivity index (χ3n) is 7.86. The number of rotatable bonds is 5. The molecular formula is C25H141ClN4O4. The molecule has 0 aromatic heterocycles. The van der Waals surface area contributed by atoms with Crippen LogP contribution in [-0.2, 0) is 19.7 Å². The second-order valence-electron chi connectivity index (χ2n) is 9.69. The Bertz CT molecular complexity index is 1020. The Labute approximate surface area is 368 Å². The average Bonchev–Trinajstić information content (AvgIpc) is 0.779. The average molecular weight is 704 g/mol. The second-order valence-corrected chi connectivity index (χ2v) is 10.1. The first-order valence-electron chi connectivity index (χ1n) is 64.3. The van der Waals surface area contributed by atoms with Crippen LogP contribution in [0.5, 0.6) is 0 Å². The number of piperidine rings is 1. The third kappa shape index (κ3) is 5.03. The summed E-state index contributed by atoms with van der Waals surface area (Å²) in [6.45, 7) is 4.00. The number of ether oxygens (including phenoxy) is 1. The number of halogens is 1. The van der Waals surface area contributed by atoms with Crippen LogP contribution in [0.3, 0.4) is 0 Å². The lowest BCUT2D eigenvalue weighted by Gasteiger charge is -2.47. The molecule has 2 heterocycles. The maximum atomic E-state index is 13.1. The third-order valence-corrected chi connectivity index (χ3v) is 8.10. The fourth-order valence-corrected chi connectivity index (χ4v) is 5.98. The molecule has 8 nitrogen and oxygen atoms in total. The number of nitrogens with zero attached hydrogens (tertiary/aromatic N) is 3. The number of nitrogens with two attached hydrogens (primary N) is 1. The topological polar surface area (TPSA) is 96.2 Å². The van der Waals surface area contributed by atoms with Gasteiger partial charge in [-0.2, -0.15) is 0 Å². The van der Waals surface area contributed by atoms with Crippen LogP contribution in [0.4, 0.5) is 4.79 Å². The van der Waals surface area contributed by atoms with Crippen LogP contribution in [0.2, 0.25) is 5.02 Å². The van der Waals surface area contributed by atoms with E-state index in [0.717, 1.165) is 31.2 Å². The summed E-state index contributed by atoms with van der Waals surface area (Å²) in [4.78, 5) is 43.3. The molecule has 9 heteroatoms. The van der Waals surface area contributed by atoms with Crippen molar-refractivity contribution in [2.45, 2.75) is 62.9 Å². The molecule has 0 radical (unpaired) electrons. The molecule has 2 N–H and O–H groups in total. The van der Waals surface area contributed by atoms with Crippen molar-refractivity contribution in [1.82, 2.24) is 14.7 Å². The highest BCUT2D eigenvalue weighted by atomic mass is 35.5. The molecule has 3 fully saturated rings. The molecule has 1 aromatic rings. The lowest BCUT2D eigenvalue weighted by Crippen LogP contribution is -2.61. The van der Waals surface area contributed by atoms with Gasteiger partial charge in [0.05, 0.1) is 6.61 Å². The van der Waals surface area contributed by atoms with Crippen molar-refractivity contribution >= 4 is 29.5 Å². The van der Waals surface area contributed by atoms with Crippen molar-refractivity contribution in [1.29, 1.82) is 0 Å². The van der Waals surface area contributed by atoms with Crippen molar-refractivity contribution in [2.24, 2.45) is 5.73 Å². The SMILES string of the molecule is CCOC(=O)N1CCC(N2CC(=O)N(C3CCC(CN)(c4cccc(Cl)c4)CC3)CC2=O)CC1.[2HH].[2H][2H].[2H][2H].[2H][2H].[2H][2H].[2H][2H].[2H][2H].[2H][2H].[2H][2H].[2H][2H].[2H][2H].[2H][2H].[2H][2H].[2H][2H].[2H][2H].[2H][2H].[2H][2H].[2H][2H].[2H][2H].[2H][2H].[2H][2H].[2H][2H].[2H][2H].[2H][2H].[2H][2H].[2H][2H].[2H][2H].[2H][2H].[2H][2H].[2H][2H].[2H][2H].[2H][2H].[2H][2H].[2H][2H].[2H][2H].[2H][2H].[2H][2H].[2H][2H].[2H][2H].[2H][2H].[2H][2H].[2H][2H].[2H][2H].[2H][2H].[2H][2H].[2H][2H].[2H][2H].[2H][2H].[2H][2H].[2H][2H].[2H][2H].[2H][2H].[2H][2H]. The molecule has 292 valence electrons. The molecule has 0 atom stereocenters. The van der Waals surface area contributed by atoms with Crippen molar-refractivity contribution in [3.63, 3.8) is 0 Å². The Morgan fingerprint density at radius 3 is 2.24 bits per heavy atom. The van der Waals surface area contributed by atoms with Gasteiger partial charge in [0.25, 0.3) is 0 Å². The van der Waals surface area contributed by atoms with Crippen LogP contribution in [-0.4, -0.2) is 84.0 Å². The van der Waals surface area contributed by atoms with Gasteiger partial charge in [-0.1, -0.05) is 23.7 Å². The number of amides is 3. The van der Waals surface area contributed by atoms with E-state index in [4.69, 9.17) is 176 Å². The van der Waals surface area contributed by atoms with Crippen LogP contribution >= 0.6 is 11.6 Å². The minimum absolute atomic E-state index is 0. The quantitative estimate of drug-likeness (QED) is 0.329. The Balaban J connectivity index is -0.0000000136. The van der Waals surface area contributed by atoms with Crippen molar-refractivity contribution in [3.05, 3.63) is 34.9 Å². The number of likely N-dealkylation sites (tertiary alicyclic amines) is 1. The predicted octanol–water partition coefficient (Wildman–Crippen LogP) is 15.8. The first kappa shape index (κ1) is 3.97. The standard InChI is InChI=1S/C25H35ClN4O4.53H2/c1-2-34-24(33)28-12-8-21(9-13-28)30-16-22(31)29(15-23(30)32)20-6-10-25(17-27,11-7-20)18-4-3-5-19(26)14-18;;;;;;;;;;;;;;;;;;;;;;;;;;;;;;;;;;;;;;;;;;;;;;;;;;;;;/h3-5,14,20-21H,2,6-13,15-17,27H2,1H3;53*1H/i;52*1+1D;1+1. The molecule has 4 rings (SSSR count). The van der Waals surface area contributed by atoms with E-state index in [1.807, 2.05) is 18.2 Å². The van der Waals surface area contributed by atoms with Gasteiger partial charge in [-0.15, -0.1) is 0 Å². The Morgan fingerprint density at radius 2 is 1.71 bits per heavy atom. The summed E-state index contributed by atoms with van der Waals surface area (Å²) in [6, 6.07) is 7.95. The summed E-state index contributed by atoms with van der Waals surface area (Å²) >= 11 is 6.22. The van der Waals surface area contributed by atoms with Gasteiger partial charge in [0.2, 0.25) is 11.8 Å². The summed E-state index contributed by atoms with van der Waals surface area (Å²) in [5.74, 6) is 0.0140. The van der Waals surface area contributed by atoms with Gasteiger partial charge in [0.1, 0.15) is 13.1 Å². The van der Waals surface area contributed by atoms with Gasteiger partial charge < -0.3 is 25.2 Å². The van der Waals surface area contributed by atoms with E-state index in [1.54, 1.807) is 21.6 Å². The number of piperazine rings is 1. The highest BCUT2D eigenvalue weighted by molar-refractivity contribution is 6.30. The number of benzene rings is 1. The van der Waals surface area contributed by atoms with E-state index in [2.05, 4.69) is 6.07 Å². The molecule has 1 saturated carbocycles. The monoisotopic (exact) mass is 703 g/mol. The van der Waals surface area contributed by atoms with Gasteiger partial charge >= 0.3 is 6.09 Å². The highest BCUT2D eigenvalue weighted by Gasteiger charge is 2.42.